The van der Waals surface area contributed by atoms with Gasteiger partial charge in [-0.25, -0.2) is 9.59 Å². The number of cyclic esters (lactones) is 1. The van der Waals surface area contributed by atoms with Crippen LogP contribution in [0.25, 0.3) is 0 Å². The SMILES string of the molecule is CCOC(=O)C1=C(C)NC2=C(C(=O)OC2)C1c1ccc[n+]([O-])c1SC. The monoisotopic (exact) mass is 362 g/mol. The first kappa shape index (κ1) is 17.3. The zero-order chi connectivity index (χ0) is 18.1. The van der Waals surface area contributed by atoms with Gasteiger partial charge in [0.05, 0.1) is 29.4 Å². The van der Waals surface area contributed by atoms with Crippen LogP contribution in [-0.4, -0.2) is 31.4 Å². The van der Waals surface area contributed by atoms with Crippen molar-refractivity contribution in [2.45, 2.75) is 24.8 Å². The van der Waals surface area contributed by atoms with Gasteiger partial charge in [0.25, 0.3) is 5.03 Å². The molecule has 0 aromatic carbocycles. The van der Waals surface area contributed by atoms with Gasteiger partial charge in [-0.05, 0) is 26.2 Å². The number of carbonyl (C=O) groups excluding carboxylic acids is 2. The molecule has 2 aliphatic rings. The van der Waals surface area contributed by atoms with Crippen LogP contribution in [0, 0.1) is 5.21 Å². The highest BCUT2D eigenvalue weighted by molar-refractivity contribution is 7.98. The van der Waals surface area contributed by atoms with Gasteiger partial charge in [0.2, 0.25) is 0 Å². The van der Waals surface area contributed by atoms with Crippen molar-refractivity contribution >= 4 is 23.7 Å². The van der Waals surface area contributed by atoms with Crippen LogP contribution in [0.15, 0.2) is 45.9 Å². The molecule has 132 valence electrons. The number of rotatable bonds is 4. The summed E-state index contributed by atoms with van der Waals surface area (Å²) in [6, 6.07) is 3.35. The minimum absolute atomic E-state index is 0.122. The molecule has 0 saturated carbocycles. The van der Waals surface area contributed by atoms with E-state index < -0.39 is 17.9 Å². The minimum atomic E-state index is -0.700. The molecular formula is C17H18N2O5S. The van der Waals surface area contributed by atoms with Crippen LogP contribution in [0.1, 0.15) is 25.3 Å². The standard InChI is InChI=1S/C17H18N2O5S/c1-4-23-16(20)12-9(2)18-11-8-24-17(21)14(11)13(12)10-6-5-7-19(22)15(10)25-3/h5-7,13,18H,4,8H2,1-3H3. The van der Waals surface area contributed by atoms with E-state index in [1.165, 1.54) is 18.0 Å². The fourth-order valence-corrected chi connectivity index (χ4v) is 3.84. The van der Waals surface area contributed by atoms with Gasteiger partial charge in [0.1, 0.15) is 6.61 Å². The van der Waals surface area contributed by atoms with E-state index in [9.17, 15) is 14.8 Å². The molecule has 1 unspecified atom stereocenters. The highest BCUT2D eigenvalue weighted by atomic mass is 32.2. The molecule has 0 fully saturated rings. The number of nitrogens with one attached hydrogen (secondary N) is 1. The van der Waals surface area contributed by atoms with Crippen LogP contribution in [0.2, 0.25) is 0 Å². The molecule has 0 amide bonds. The van der Waals surface area contributed by atoms with Crippen molar-refractivity contribution in [2.24, 2.45) is 0 Å². The largest absolute Gasteiger partial charge is 0.618 e. The number of carbonyl (C=O) groups is 2. The molecule has 0 spiro atoms. The van der Waals surface area contributed by atoms with Gasteiger partial charge < -0.3 is 20.0 Å². The smallest absolute Gasteiger partial charge is 0.337 e. The Bertz CT molecular complexity index is 815. The summed E-state index contributed by atoms with van der Waals surface area (Å²) in [6.45, 7) is 3.80. The molecule has 0 bridgehead atoms. The van der Waals surface area contributed by atoms with E-state index in [4.69, 9.17) is 9.47 Å². The number of dihydropyridines is 1. The molecule has 0 saturated heterocycles. The fourth-order valence-electron chi connectivity index (χ4n) is 3.18. The summed E-state index contributed by atoms with van der Waals surface area (Å²) in [5, 5.41) is 15.7. The highest BCUT2D eigenvalue weighted by Crippen LogP contribution is 2.43. The number of hydrogen-bond donors (Lipinski definition) is 1. The quantitative estimate of drug-likeness (QED) is 0.374. The van der Waals surface area contributed by atoms with Gasteiger partial charge in [-0.1, -0.05) is 11.8 Å². The number of aromatic nitrogens is 1. The van der Waals surface area contributed by atoms with Gasteiger partial charge in [0, 0.05) is 17.3 Å². The molecule has 0 aliphatic carbocycles. The van der Waals surface area contributed by atoms with Crippen molar-refractivity contribution in [3.63, 3.8) is 0 Å². The molecule has 3 rings (SSSR count). The normalized spacial score (nSPS) is 19.5. The van der Waals surface area contributed by atoms with Gasteiger partial charge in [-0.3, -0.25) is 0 Å². The summed E-state index contributed by atoms with van der Waals surface area (Å²) in [7, 11) is 0. The topological polar surface area (TPSA) is 91.6 Å². The maximum absolute atomic E-state index is 12.6. The Kier molecular flexibility index (Phi) is 4.71. The Morgan fingerprint density at radius 2 is 2.32 bits per heavy atom. The summed E-state index contributed by atoms with van der Waals surface area (Å²) in [5.41, 5.74) is 2.47. The number of esters is 2. The molecule has 1 N–H and O–H groups in total. The van der Waals surface area contributed by atoms with E-state index in [0.717, 1.165) is 4.73 Å². The maximum atomic E-state index is 12.6. The first-order valence-electron chi connectivity index (χ1n) is 7.80. The third-order valence-electron chi connectivity index (χ3n) is 4.16. The first-order chi connectivity index (χ1) is 12.0. The van der Waals surface area contributed by atoms with Crippen LogP contribution in [-0.2, 0) is 19.1 Å². The Morgan fingerprint density at radius 3 is 3.00 bits per heavy atom. The molecule has 0 radical (unpaired) electrons. The van der Waals surface area contributed by atoms with Gasteiger partial charge in [-0.2, -0.15) is 4.73 Å². The lowest BCUT2D eigenvalue weighted by molar-refractivity contribution is -0.646. The minimum Gasteiger partial charge on any atom is -0.618 e. The number of thioether (sulfide) groups is 1. The third-order valence-corrected chi connectivity index (χ3v) is 4.96. The Hall–Kier alpha value is -2.48. The number of pyridine rings is 1. The third kappa shape index (κ3) is 2.86. The predicted molar refractivity (Wildman–Crippen MR) is 90.4 cm³/mol. The lowest BCUT2D eigenvalue weighted by atomic mass is 9.81. The summed E-state index contributed by atoms with van der Waals surface area (Å²) >= 11 is 1.26. The summed E-state index contributed by atoms with van der Waals surface area (Å²) < 4.78 is 11.1. The molecule has 2 aliphatic heterocycles. The van der Waals surface area contributed by atoms with Crippen molar-refractivity contribution in [3.05, 3.63) is 51.6 Å². The maximum Gasteiger partial charge on any atom is 0.337 e. The molecule has 25 heavy (non-hydrogen) atoms. The van der Waals surface area contributed by atoms with Crippen LogP contribution >= 0.6 is 11.8 Å². The lowest BCUT2D eigenvalue weighted by Crippen LogP contribution is -2.34. The van der Waals surface area contributed by atoms with Gasteiger partial charge >= 0.3 is 11.9 Å². The second-order valence-corrected chi connectivity index (χ2v) is 6.38. The van der Waals surface area contributed by atoms with Crippen LogP contribution in [0.4, 0.5) is 0 Å². The molecule has 1 atom stereocenters. The Labute approximate surface area is 149 Å². The zero-order valence-electron chi connectivity index (χ0n) is 14.1. The average molecular weight is 362 g/mol. The van der Waals surface area contributed by atoms with Gasteiger partial charge in [0.15, 0.2) is 6.20 Å². The van der Waals surface area contributed by atoms with Crippen molar-refractivity contribution in [3.8, 4) is 0 Å². The second-order valence-electron chi connectivity index (χ2n) is 5.58. The van der Waals surface area contributed by atoms with Crippen LogP contribution < -0.4 is 10.0 Å². The van der Waals surface area contributed by atoms with Crippen molar-refractivity contribution in [2.75, 3.05) is 19.5 Å². The van der Waals surface area contributed by atoms with Crippen LogP contribution in [0.3, 0.4) is 0 Å². The van der Waals surface area contributed by atoms with Gasteiger partial charge in [-0.15, -0.1) is 0 Å². The number of ether oxygens (including phenoxy) is 2. The second kappa shape index (κ2) is 6.79. The van der Waals surface area contributed by atoms with E-state index in [1.807, 2.05) is 0 Å². The summed E-state index contributed by atoms with van der Waals surface area (Å²) in [4.78, 5) is 24.9. The van der Waals surface area contributed by atoms with E-state index in [-0.39, 0.29) is 13.2 Å². The number of nitrogens with zero attached hydrogens (tertiary/aromatic N) is 1. The molecule has 1 aromatic rings. The molecular weight excluding hydrogens is 344 g/mol. The molecule has 7 nitrogen and oxygen atoms in total. The van der Waals surface area contributed by atoms with Crippen molar-refractivity contribution < 1.29 is 23.8 Å². The van der Waals surface area contributed by atoms with E-state index in [2.05, 4.69) is 5.32 Å². The molecule has 3 heterocycles. The predicted octanol–water partition coefficient (Wildman–Crippen LogP) is 1.38. The first-order valence-corrected chi connectivity index (χ1v) is 9.03. The van der Waals surface area contributed by atoms with Crippen molar-refractivity contribution in [1.29, 1.82) is 0 Å². The van der Waals surface area contributed by atoms with E-state index >= 15 is 0 Å². The van der Waals surface area contributed by atoms with E-state index in [0.29, 0.717) is 33.1 Å². The zero-order valence-corrected chi connectivity index (χ0v) is 14.9. The summed E-state index contributed by atoms with van der Waals surface area (Å²) in [5.74, 6) is -1.71. The Balaban J connectivity index is 2.23. The van der Waals surface area contributed by atoms with E-state index in [1.54, 1.807) is 32.2 Å². The number of hydrogen-bond acceptors (Lipinski definition) is 7. The fraction of sp³-hybridized carbons (Fsp3) is 0.353. The van der Waals surface area contributed by atoms with Crippen molar-refractivity contribution in [1.82, 2.24) is 5.32 Å². The lowest BCUT2D eigenvalue weighted by Gasteiger charge is -2.27. The van der Waals surface area contributed by atoms with Crippen LogP contribution in [0.5, 0.6) is 0 Å². The molecule has 8 heteroatoms. The Morgan fingerprint density at radius 1 is 1.56 bits per heavy atom. The number of allylic oxidation sites excluding steroid dienone is 1. The average Bonchev–Trinajstić information content (AvgIpc) is 2.94. The molecule has 1 aromatic heterocycles. The highest BCUT2D eigenvalue weighted by Gasteiger charge is 2.43. The summed E-state index contributed by atoms with van der Waals surface area (Å²) in [6.07, 6.45) is 3.16.